The summed E-state index contributed by atoms with van der Waals surface area (Å²) in [6.45, 7) is 1.99. The average Bonchev–Trinajstić information content (AvgIpc) is 3.13. The number of fused-ring (bicyclic) bond motifs is 1. The normalized spacial score (nSPS) is 18.3. The Morgan fingerprint density at radius 2 is 2.17 bits per heavy atom. The first-order valence-corrected chi connectivity index (χ1v) is 9.60. The van der Waals surface area contributed by atoms with E-state index in [4.69, 9.17) is 9.47 Å². The molecule has 1 fully saturated rings. The maximum Gasteiger partial charge on any atom is 0.415 e. The van der Waals surface area contributed by atoms with Crippen molar-refractivity contribution in [2.24, 2.45) is 12.0 Å². The fourth-order valence-electron chi connectivity index (χ4n) is 3.41. The molecule has 4 rings (SSSR count). The van der Waals surface area contributed by atoms with Crippen molar-refractivity contribution in [3.8, 4) is 5.75 Å². The van der Waals surface area contributed by atoms with Crippen LogP contribution in [0.25, 0.3) is 10.9 Å². The summed E-state index contributed by atoms with van der Waals surface area (Å²) in [6.07, 6.45) is 2.55. The molecule has 158 valence electrons. The number of nitrogens with one attached hydrogen (secondary N) is 2. The van der Waals surface area contributed by atoms with Gasteiger partial charge in [-0.25, -0.2) is 9.18 Å². The zero-order valence-electron chi connectivity index (χ0n) is 16.4. The van der Waals surface area contributed by atoms with Crippen LogP contribution in [0.4, 0.5) is 9.18 Å². The van der Waals surface area contributed by atoms with Crippen molar-refractivity contribution in [2.75, 3.05) is 32.8 Å². The highest BCUT2D eigenvalue weighted by Crippen LogP contribution is 2.27. The Morgan fingerprint density at radius 1 is 1.33 bits per heavy atom. The van der Waals surface area contributed by atoms with Gasteiger partial charge in [0.25, 0.3) is 5.56 Å². The quantitative estimate of drug-likeness (QED) is 0.654. The van der Waals surface area contributed by atoms with Gasteiger partial charge in [-0.15, -0.1) is 0 Å². The van der Waals surface area contributed by atoms with Crippen LogP contribution in [-0.4, -0.2) is 60.7 Å². The third kappa shape index (κ3) is 3.99. The number of hydrogen-bond donors (Lipinski definition) is 2. The standard InChI is InChI=1S/C20H22FN5O4/c1-25-17(27)5-3-13-2-4-15(21)19(18(13)25)29-9-8-23-10-14-12-26(20(28)30-14)16-11-22-6-7-24-16/h2-6,11,14,23-24H,7-10,12H2,1H3/t14-/m1/s1. The second-order valence-corrected chi connectivity index (χ2v) is 6.94. The lowest BCUT2D eigenvalue weighted by Gasteiger charge is -2.19. The number of ether oxygens (including phenoxy) is 2. The molecule has 1 aromatic heterocycles. The van der Waals surface area contributed by atoms with Crippen molar-refractivity contribution < 1.29 is 18.7 Å². The summed E-state index contributed by atoms with van der Waals surface area (Å²) >= 11 is 0. The second-order valence-electron chi connectivity index (χ2n) is 6.94. The predicted molar refractivity (Wildman–Crippen MR) is 109 cm³/mol. The Kier molecular flexibility index (Phi) is 5.66. The number of carbonyl (C=O) groups is 1. The predicted octanol–water partition coefficient (Wildman–Crippen LogP) is 0.940. The van der Waals surface area contributed by atoms with Crippen LogP contribution in [-0.2, 0) is 11.8 Å². The highest BCUT2D eigenvalue weighted by Gasteiger charge is 2.33. The van der Waals surface area contributed by atoms with Gasteiger partial charge in [0.05, 0.1) is 24.8 Å². The highest BCUT2D eigenvalue weighted by molar-refractivity contribution is 5.85. The third-order valence-electron chi connectivity index (χ3n) is 4.92. The minimum absolute atomic E-state index is 0.0452. The molecule has 1 aromatic carbocycles. The molecule has 2 aliphatic rings. The monoisotopic (exact) mass is 415 g/mol. The van der Waals surface area contributed by atoms with E-state index in [1.54, 1.807) is 31.6 Å². The average molecular weight is 415 g/mol. The molecule has 1 atom stereocenters. The lowest BCUT2D eigenvalue weighted by atomic mass is 10.2. The topological polar surface area (TPSA) is 97.2 Å². The van der Waals surface area contributed by atoms with Crippen LogP contribution in [0.5, 0.6) is 5.75 Å². The fraction of sp³-hybridized carbons (Fsp3) is 0.350. The number of cyclic esters (lactones) is 1. The molecule has 2 N–H and O–H groups in total. The van der Waals surface area contributed by atoms with E-state index in [2.05, 4.69) is 15.6 Å². The second kappa shape index (κ2) is 8.54. The maximum absolute atomic E-state index is 14.3. The number of halogens is 1. The van der Waals surface area contributed by atoms with Gasteiger partial charge in [0.1, 0.15) is 18.5 Å². The number of nitrogens with zero attached hydrogens (tertiary/aromatic N) is 3. The largest absolute Gasteiger partial charge is 0.487 e. The summed E-state index contributed by atoms with van der Waals surface area (Å²) in [7, 11) is 1.58. The molecule has 9 nitrogen and oxygen atoms in total. The first kappa shape index (κ1) is 19.9. The lowest BCUT2D eigenvalue weighted by molar-refractivity contribution is 0.133. The van der Waals surface area contributed by atoms with E-state index in [1.165, 1.54) is 21.6 Å². The molecular weight excluding hydrogens is 393 g/mol. The maximum atomic E-state index is 14.3. The van der Waals surface area contributed by atoms with Crippen LogP contribution >= 0.6 is 0 Å². The van der Waals surface area contributed by atoms with E-state index in [-0.39, 0.29) is 24.0 Å². The van der Waals surface area contributed by atoms with Crippen LogP contribution in [0.3, 0.4) is 0 Å². The van der Waals surface area contributed by atoms with Gasteiger partial charge in [-0.05, 0) is 18.2 Å². The number of amides is 1. The third-order valence-corrected chi connectivity index (χ3v) is 4.92. The van der Waals surface area contributed by atoms with Crippen LogP contribution in [0, 0.1) is 5.82 Å². The van der Waals surface area contributed by atoms with Gasteiger partial charge in [-0.2, -0.15) is 0 Å². The first-order valence-electron chi connectivity index (χ1n) is 9.60. The van der Waals surface area contributed by atoms with Gasteiger partial charge in [0.15, 0.2) is 11.6 Å². The molecule has 0 aliphatic carbocycles. The number of aryl methyl sites for hydroxylation is 1. The molecule has 30 heavy (non-hydrogen) atoms. The number of carbonyl (C=O) groups excluding carboxylic acids is 1. The molecule has 3 heterocycles. The van der Waals surface area contributed by atoms with Crippen LogP contribution in [0.2, 0.25) is 0 Å². The molecule has 10 heteroatoms. The van der Waals surface area contributed by atoms with Crippen molar-refractivity contribution in [2.45, 2.75) is 6.10 Å². The zero-order valence-corrected chi connectivity index (χ0v) is 16.4. The van der Waals surface area contributed by atoms with Crippen LogP contribution in [0.1, 0.15) is 0 Å². The summed E-state index contributed by atoms with van der Waals surface area (Å²) in [5, 5.41) is 6.93. The van der Waals surface area contributed by atoms with Crippen molar-refractivity contribution >= 4 is 23.2 Å². The van der Waals surface area contributed by atoms with Crippen molar-refractivity contribution in [3.63, 3.8) is 0 Å². The number of pyridine rings is 1. The summed E-state index contributed by atoms with van der Waals surface area (Å²) < 4.78 is 26.7. The number of benzene rings is 1. The molecule has 1 saturated heterocycles. The molecule has 0 unspecified atom stereocenters. The molecule has 0 radical (unpaired) electrons. The number of hydrogen-bond acceptors (Lipinski definition) is 7. The van der Waals surface area contributed by atoms with Crippen molar-refractivity contribution in [3.05, 3.63) is 52.5 Å². The van der Waals surface area contributed by atoms with E-state index >= 15 is 0 Å². The van der Waals surface area contributed by atoms with Crippen LogP contribution in [0.15, 0.2) is 46.1 Å². The summed E-state index contributed by atoms with van der Waals surface area (Å²) in [5.41, 5.74) is 0.177. The molecule has 0 bridgehead atoms. The molecule has 2 aromatic rings. The van der Waals surface area contributed by atoms with Crippen molar-refractivity contribution in [1.29, 1.82) is 0 Å². The van der Waals surface area contributed by atoms with Crippen molar-refractivity contribution in [1.82, 2.24) is 20.1 Å². The Morgan fingerprint density at radius 3 is 2.97 bits per heavy atom. The summed E-state index contributed by atoms with van der Waals surface area (Å²) in [5.74, 6) is 0.134. The molecule has 0 saturated carbocycles. The number of rotatable bonds is 7. The van der Waals surface area contributed by atoms with Gasteiger partial charge in [-0.1, -0.05) is 0 Å². The minimum Gasteiger partial charge on any atom is -0.487 e. The number of aromatic nitrogens is 1. The van der Waals surface area contributed by atoms with Gasteiger partial charge in [-0.3, -0.25) is 14.7 Å². The first-order chi connectivity index (χ1) is 14.5. The van der Waals surface area contributed by atoms with E-state index in [0.717, 1.165) is 5.39 Å². The Hall–Kier alpha value is -3.40. The smallest absolute Gasteiger partial charge is 0.415 e. The Bertz CT molecular complexity index is 1080. The molecule has 2 aliphatic heterocycles. The SMILES string of the molecule is Cn1c(=O)ccc2ccc(F)c(OCCNC[C@@H]3CN(C4=CN=CCN4)C(=O)O3)c21. The molecule has 1 amide bonds. The van der Waals surface area contributed by atoms with Gasteiger partial charge in [0.2, 0.25) is 0 Å². The van der Waals surface area contributed by atoms with E-state index < -0.39 is 11.9 Å². The minimum atomic E-state index is -0.528. The van der Waals surface area contributed by atoms with E-state index in [1.807, 2.05) is 0 Å². The molecular formula is C20H22FN5O4. The van der Waals surface area contributed by atoms with Gasteiger partial charge < -0.3 is 24.7 Å². The van der Waals surface area contributed by atoms with E-state index in [9.17, 15) is 14.0 Å². The summed E-state index contributed by atoms with van der Waals surface area (Å²) in [6, 6.07) is 6.00. The van der Waals surface area contributed by atoms with Gasteiger partial charge >= 0.3 is 6.09 Å². The number of aliphatic imine (C=N–C) groups is 1. The highest BCUT2D eigenvalue weighted by atomic mass is 19.1. The lowest BCUT2D eigenvalue weighted by Crippen LogP contribution is -2.36. The zero-order chi connectivity index (χ0) is 21.1. The van der Waals surface area contributed by atoms with Crippen LogP contribution < -0.4 is 20.9 Å². The summed E-state index contributed by atoms with van der Waals surface area (Å²) in [4.78, 5) is 29.5. The Balaban J connectivity index is 1.30. The van der Waals surface area contributed by atoms with Gasteiger partial charge in [0, 0.05) is 37.8 Å². The Labute approximate surface area is 171 Å². The van der Waals surface area contributed by atoms with E-state index in [0.29, 0.717) is 37.5 Å². The fourth-order valence-corrected chi connectivity index (χ4v) is 3.41. The molecule has 0 spiro atoms.